The summed E-state index contributed by atoms with van der Waals surface area (Å²) in [6.45, 7) is 0.443. The summed E-state index contributed by atoms with van der Waals surface area (Å²) in [6.07, 6.45) is 1.05. The van der Waals surface area contributed by atoms with E-state index >= 15 is 0 Å². The summed E-state index contributed by atoms with van der Waals surface area (Å²) in [6, 6.07) is 3.64. The number of hydrogen-bond donors (Lipinski definition) is 1. The van der Waals surface area contributed by atoms with Crippen LogP contribution in [0.3, 0.4) is 0 Å². The molecule has 0 atom stereocenters. The topological polar surface area (TPSA) is 49.8 Å². The van der Waals surface area contributed by atoms with Gasteiger partial charge >= 0.3 is 0 Å². The maximum atomic E-state index is 13.1. The average molecular weight is 196 g/mol. The molecule has 0 heterocycles. The lowest BCUT2D eigenvalue weighted by atomic mass is 10.1. The van der Waals surface area contributed by atoms with Crippen LogP contribution in [0.5, 0.6) is 0 Å². The van der Waals surface area contributed by atoms with Crippen LogP contribution in [0.2, 0.25) is 0 Å². The second kappa shape index (κ2) is 4.68. The molecule has 0 aromatic heterocycles. The van der Waals surface area contributed by atoms with Crippen molar-refractivity contribution in [2.24, 2.45) is 5.73 Å². The molecule has 0 saturated heterocycles. The summed E-state index contributed by atoms with van der Waals surface area (Å²) in [5, 5.41) is 8.52. The number of hydrogen-bond acceptors (Lipinski definition) is 2. The first-order valence-corrected chi connectivity index (χ1v) is 4.27. The Kier molecular flexibility index (Phi) is 3.55. The second-order valence-electron chi connectivity index (χ2n) is 2.93. The molecule has 14 heavy (non-hydrogen) atoms. The van der Waals surface area contributed by atoms with Crippen molar-refractivity contribution in [1.29, 1.82) is 5.26 Å². The molecule has 1 rings (SSSR count). The van der Waals surface area contributed by atoms with E-state index in [2.05, 4.69) is 0 Å². The fraction of sp³-hybridized carbons (Fsp3) is 0.300. The summed E-state index contributed by atoms with van der Waals surface area (Å²) >= 11 is 0. The molecule has 1 aromatic rings. The number of benzene rings is 1. The number of nitrogens with zero attached hydrogens (tertiary/aromatic N) is 1. The van der Waals surface area contributed by atoms with Crippen molar-refractivity contribution in [3.8, 4) is 6.07 Å². The molecule has 0 aliphatic heterocycles. The predicted octanol–water partition coefficient (Wildman–Crippen LogP) is 1.73. The van der Waals surface area contributed by atoms with Crippen LogP contribution in [0, 0.1) is 23.0 Å². The standard InChI is InChI=1S/C10H10F2N2/c11-9-5-10(12)8(6-14)4-7(9)2-1-3-13/h4-5H,1-3,13H2. The molecule has 0 radical (unpaired) electrons. The molecule has 0 bridgehead atoms. The van der Waals surface area contributed by atoms with Gasteiger partial charge in [0.2, 0.25) is 0 Å². The first-order chi connectivity index (χ1) is 6.69. The maximum absolute atomic E-state index is 13.1. The first-order valence-electron chi connectivity index (χ1n) is 4.27. The Balaban J connectivity index is 3.00. The summed E-state index contributed by atoms with van der Waals surface area (Å²) in [4.78, 5) is 0. The van der Waals surface area contributed by atoms with E-state index in [1.54, 1.807) is 6.07 Å². The Morgan fingerprint density at radius 1 is 1.29 bits per heavy atom. The van der Waals surface area contributed by atoms with Gasteiger partial charge in [0.05, 0.1) is 5.56 Å². The first kappa shape index (κ1) is 10.6. The third-order valence-electron chi connectivity index (χ3n) is 1.91. The number of aryl methyl sites for hydroxylation is 1. The molecular weight excluding hydrogens is 186 g/mol. The Morgan fingerprint density at radius 2 is 2.00 bits per heavy atom. The van der Waals surface area contributed by atoms with Gasteiger partial charge in [0, 0.05) is 6.07 Å². The molecule has 0 fully saturated rings. The highest BCUT2D eigenvalue weighted by Crippen LogP contribution is 2.15. The highest BCUT2D eigenvalue weighted by atomic mass is 19.1. The van der Waals surface area contributed by atoms with Gasteiger partial charge in [0.15, 0.2) is 0 Å². The molecule has 2 nitrogen and oxygen atoms in total. The molecule has 1 aromatic carbocycles. The van der Waals surface area contributed by atoms with Crippen molar-refractivity contribution in [3.63, 3.8) is 0 Å². The third-order valence-corrected chi connectivity index (χ3v) is 1.91. The van der Waals surface area contributed by atoms with Crippen molar-refractivity contribution >= 4 is 0 Å². The molecule has 0 spiro atoms. The van der Waals surface area contributed by atoms with Crippen LogP contribution >= 0.6 is 0 Å². The van der Waals surface area contributed by atoms with Crippen LogP contribution in [0.25, 0.3) is 0 Å². The SMILES string of the molecule is N#Cc1cc(CCCN)c(F)cc1F. The zero-order chi connectivity index (χ0) is 10.6. The minimum Gasteiger partial charge on any atom is -0.330 e. The zero-order valence-corrected chi connectivity index (χ0v) is 7.56. The van der Waals surface area contributed by atoms with Gasteiger partial charge in [0.25, 0.3) is 0 Å². The van der Waals surface area contributed by atoms with Crippen LogP contribution in [-0.4, -0.2) is 6.54 Å². The van der Waals surface area contributed by atoms with Gasteiger partial charge < -0.3 is 5.73 Å². The lowest BCUT2D eigenvalue weighted by Gasteiger charge is -2.03. The Labute approximate surface area is 81.0 Å². The lowest BCUT2D eigenvalue weighted by Crippen LogP contribution is -2.02. The van der Waals surface area contributed by atoms with E-state index in [4.69, 9.17) is 11.0 Å². The van der Waals surface area contributed by atoms with Crippen molar-refractivity contribution in [2.75, 3.05) is 6.54 Å². The van der Waals surface area contributed by atoms with E-state index in [1.165, 1.54) is 6.07 Å². The van der Waals surface area contributed by atoms with Gasteiger partial charge in [-0.2, -0.15) is 5.26 Å². The van der Waals surface area contributed by atoms with Crippen molar-refractivity contribution in [2.45, 2.75) is 12.8 Å². The van der Waals surface area contributed by atoms with E-state index in [0.717, 1.165) is 6.07 Å². The van der Waals surface area contributed by atoms with E-state index in [1.807, 2.05) is 0 Å². The Hall–Kier alpha value is -1.47. The van der Waals surface area contributed by atoms with Crippen LogP contribution < -0.4 is 5.73 Å². The summed E-state index contributed by atoms with van der Waals surface area (Å²) in [5.41, 5.74) is 5.48. The minimum atomic E-state index is -0.818. The van der Waals surface area contributed by atoms with Crippen LogP contribution in [0.15, 0.2) is 12.1 Å². The van der Waals surface area contributed by atoms with Crippen LogP contribution in [0.4, 0.5) is 8.78 Å². The van der Waals surface area contributed by atoms with Crippen LogP contribution in [-0.2, 0) is 6.42 Å². The van der Waals surface area contributed by atoms with Gasteiger partial charge in [0.1, 0.15) is 17.7 Å². The molecule has 4 heteroatoms. The highest BCUT2D eigenvalue weighted by Gasteiger charge is 2.08. The van der Waals surface area contributed by atoms with Gasteiger partial charge in [-0.05, 0) is 31.0 Å². The third kappa shape index (κ3) is 2.27. The van der Waals surface area contributed by atoms with E-state index < -0.39 is 11.6 Å². The molecular formula is C10H10F2N2. The maximum Gasteiger partial charge on any atom is 0.143 e. The smallest absolute Gasteiger partial charge is 0.143 e. The lowest BCUT2D eigenvalue weighted by molar-refractivity contribution is 0.567. The summed E-state index contributed by atoms with van der Waals surface area (Å²) < 4.78 is 26.0. The highest BCUT2D eigenvalue weighted by molar-refractivity contribution is 5.35. The number of rotatable bonds is 3. The average Bonchev–Trinajstić information content (AvgIpc) is 2.17. The normalized spacial score (nSPS) is 9.86. The van der Waals surface area contributed by atoms with Crippen molar-refractivity contribution in [3.05, 3.63) is 34.9 Å². The fourth-order valence-electron chi connectivity index (χ4n) is 1.16. The number of nitriles is 1. The largest absolute Gasteiger partial charge is 0.330 e. The Morgan fingerprint density at radius 3 is 2.57 bits per heavy atom. The quantitative estimate of drug-likeness (QED) is 0.800. The number of nitrogens with two attached hydrogens (primary N) is 1. The van der Waals surface area contributed by atoms with E-state index in [-0.39, 0.29) is 5.56 Å². The van der Waals surface area contributed by atoms with Gasteiger partial charge in [-0.1, -0.05) is 0 Å². The fourth-order valence-corrected chi connectivity index (χ4v) is 1.16. The predicted molar refractivity (Wildman–Crippen MR) is 48.4 cm³/mol. The number of halogens is 2. The van der Waals surface area contributed by atoms with Crippen molar-refractivity contribution < 1.29 is 8.78 Å². The Bertz CT molecular complexity index is 369. The summed E-state index contributed by atoms with van der Waals surface area (Å²) in [5.74, 6) is -1.43. The zero-order valence-electron chi connectivity index (χ0n) is 7.56. The molecule has 0 aliphatic carbocycles. The minimum absolute atomic E-state index is 0.126. The monoisotopic (exact) mass is 196 g/mol. The van der Waals surface area contributed by atoms with Gasteiger partial charge in [-0.3, -0.25) is 0 Å². The van der Waals surface area contributed by atoms with Crippen LogP contribution in [0.1, 0.15) is 17.5 Å². The molecule has 74 valence electrons. The molecule has 0 amide bonds. The van der Waals surface area contributed by atoms with Crippen molar-refractivity contribution in [1.82, 2.24) is 0 Å². The van der Waals surface area contributed by atoms with Gasteiger partial charge in [-0.15, -0.1) is 0 Å². The summed E-state index contributed by atoms with van der Waals surface area (Å²) in [7, 11) is 0. The molecule has 0 saturated carbocycles. The van der Waals surface area contributed by atoms with E-state index in [0.29, 0.717) is 24.9 Å². The van der Waals surface area contributed by atoms with Gasteiger partial charge in [-0.25, -0.2) is 8.78 Å². The molecule has 0 aliphatic rings. The van der Waals surface area contributed by atoms with E-state index in [9.17, 15) is 8.78 Å². The molecule has 2 N–H and O–H groups in total. The molecule has 0 unspecified atom stereocenters. The second-order valence-corrected chi connectivity index (χ2v) is 2.93.